The SMILES string of the molecule is NNc1c(F)cccc1C(=O)NCCc1cscn1. The van der Waals surface area contributed by atoms with Gasteiger partial charge in [-0.2, -0.15) is 0 Å². The van der Waals surface area contributed by atoms with Crippen LogP contribution in [0.25, 0.3) is 0 Å². The van der Waals surface area contributed by atoms with Crippen LogP contribution >= 0.6 is 11.3 Å². The van der Waals surface area contributed by atoms with Crippen LogP contribution in [-0.2, 0) is 6.42 Å². The van der Waals surface area contributed by atoms with Gasteiger partial charge in [-0.3, -0.25) is 10.6 Å². The van der Waals surface area contributed by atoms with Crippen molar-refractivity contribution in [3.05, 3.63) is 46.2 Å². The first-order chi connectivity index (χ1) is 9.22. The highest BCUT2D eigenvalue weighted by molar-refractivity contribution is 7.07. The fourth-order valence-corrected chi connectivity index (χ4v) is 2.21. The summed E-state index contributed by atoms with van der Waals surface area (Å²) in [5.41, 5.74) is 5.03. The Morgan fingerprint density at radius 1 is 1.47 bits per heavy atom. The molecule has 1 amide bonds. The molecule has 0 aliphatic heterocycles. The van der Waals surface area contributed by atoms with E-state index in [1.807, 2.05) is 5.38 Å². The second-order valence-electron chi connectivity index (χ2n) is 3.79. The zero-order valence-corrected chi connectivity index (χ0v) is 10.8. The molecule has 1 heterocycles. The van der Waals surface area contributed by atoms with Crippen molar-refractivity contribution in [1.29, 1.82) is 0 Å². The van der Waals surface area contributed by atoms with E-state index in [1.54, 1.807) is 5.51 Å². The van der Waals surface area contributed by atoms with Gasteiger partial charge in [0.2, 0.25) is 0 Å². The summed E-state index contributed by atoms with van der Waals surface area (Å²) in [7, 11) is 0. The molecule has 7 heteroatoms. The highest BCUT2D eigenvalue weighted by atomic mass is 32.1. The van der Waals surface area contributed by atoms with E-state index in [1.165, 1.54) is 29.5 Å². The van der Waals surface area contributed by atoms with Gasteiger partial charge in [0.25, 0.3) is 5.91 Å². The smallest absolute Gasteiger partial charge is 0.253 e. The lowest BCUT2D eigenvalue weighted by Crippen LogP contribution is -2.27. The average molecular weight is 280 g/mol. The Kier molecular flexibility index (Phi) is 4.43. The number of carbonyl (C=O) groups is 1. The van der Waals surface area contributed by atoms with Crippen molar-refractivity contribution in [1.82, 2.24) is 10.3 Å². The molecular formula is C12H13FN4OS. The molecule has 0 atom stereocenters. The van der Waals surface area contributed by atoms with Crippen molar-refractivity contribution < 1.29 is 9.18 Å². The molecule has 0 saturated carbocycles. The van der Waals surface area contributed by atoms with Crippen LogP contribution in [0.15, 0.2) is 29.1 Å². The molecule has 100 valence electrons. The van der Waals surface area contributed by atoms with Crippen molar-refractivity contribution in [3.8, 4) is 0 Å². The molecular weight excluding hydrogens is 267 g/mol. The number of benzene rings is 1. The maximum absolute atomic E-state index is 13.4. The lowest BCUT2D eigenvalue weighted by molar-refractivity contribution is 0.0954. The highest BCUT2D eigenvalue weighted by Gasteiger charge is 2.13. The molecule has 0 spiro atoms. The van der Waals surface area contributed by atoms with Gasteiger partial charge in [0.05, 0.1) is 22.5 Å². The van der Waals surface area contributed by atoms with Crippen molar-refractivity contribution in [2.45, 2.75) is 6.42 Å². The number of hydrazine groups is 1. The van der Waals surface area contributed by atoms with Crippen LogP contribution in [-0.4, -0.2) is 17.4 Å². The Balaban J connectivity index is 1.98. The van der Waals surface area contributed by atoms with E-state index in [2.05, 4.69) is 15.7 Å². The molecule has 1 aromatic carbocycles. The molecule has 0 aliphatic carbocycles. The maximum atomic E-state index is 13.4. The van der Waals surface area contributed by atoms with Gasteiger partial charge in [0, 0.05) is 18.3 Å². The minimum Gasteiger partial charge on any atom is -0.352 e. The predicted molar refractivity (Wildman–Crippen MR) is 72.4 cm³/mol. The summed E-state index contributed by atoms with van der Waals surface area (Å²) in [5, 5.41) is 4.62. The Hall–Kier alpha value is -1.99. The summed E-state index contributed by atoms with van der Waals surface area (Å²) >= 11 is 1.50. The first kappa shape index (κ1) is 13.4. The van der Waals surface area contributed by atoms with Crippen LogP contribution in [0.1, 0.15) is 16.1 Å². The van der Waals surface area contributed by atoms with Gasteiger partial charge in [-0.15, -0.1) is 11.3 Å². The third kappa shape index (κ3) is 3.27. The van der Waals surface area contributed by atoms with Crippen LogP contribution < -0.4 is 16.6 Å². The summed E-state index contributed by atoms with van der Waals surface area (Å²) in [5.74, 6) is 4.28. The van der Waals surface area contributed by atoms with Crippen LogP contribution in [0.2, 0.25) is 0 Å². The number of para-hydroxylation sites is 1. The maximum Gasteiger partial charge on any atom is 0.253 e. The molecule has 0 saturated heterocycles. The molecule has 0 radical (unpaired) electrons. The fraction of sp³-hybridized carbons (Fsp3) is 0.167. The quantitative estimate of drug-likeness (QED) is 0.573. The molecule has 4 N–H and O–H groups in total. The Bertz CT molecular complexity index is 559. The molecule has 2 aromatic rings. The number of nitrogens with two attached hydrogens (primary N) is 1. The zero-order chi connectivity index (χ0) is 13.7. The van der Waals surface area contributed by atoms with E-state index >= 15 is 0 Å². The largest absolute Gasteiger partial charge is 0.352 e. The van der Waals surface area contributed by atoms with Crippen molar-refractivity contribution in [2.24, 2.45) is 5.84 Å². The van der Waals surface area contributed by atoms with E-state index in [-0.39, 0.29) is 17.2 Å². The zero-order valence-electron chi connectivity index (χ0n) is 10.0. The lowest BCUT2D eigenvalue weighted by Gasteiger charge is -2.09. The minimum atomic E-state index is -0.561. The molecule has 0 aliphatic rings. The Labute approximate surface area is 113 Å². The Morgan fingerprint density at radius 3 is 3.00 bits per heavy atom. The summed E-state index contributed by atoms with van der Waals surface area (Å²) in [4.78, 5) is 16.0. The highest BCUT2D eigenvalue weighted by Crippen LogP contribution is 2.18. The van der Waals surface area contributed by atoms with Gasteiger partial charge in [-0.1, -0.05) is 6.07 Å². The number of carbonyl (C=O) groups excluding carboxylic acids is 1. The fourth-order valence-electron chi connectivity index (χ4n) is 1.62. The first-order valence-corrected chi connectivity index (χ1v) is 6.57. The number of hydrogen-bond donors (Lipinski definition) is 3. The van der Waals surface area contributed by atoms with E-state index in [0.717, 1.165) is 5.69 Å². The molecule has 5 nitrogen and oxygen atoms in total. The van der Waals surface area contributed by atoms with Gasteiger partial charge in [-0.25, -0.2) is 9.37 Å². The van der Waals surface area contributed by atoms with Gasteiger partial charge < -0.3 is 10.7 Å². The molecule has 0 bridgehead atoms. The standard InChI is InChI=1S/C12H13FN4OS/c13-10-3-1-2-9(11(10)17-14)12(18)15-5-4-8-6-19-7-16-8/h1-3,6-7,17H,4-5,14H2,(H,15,18). The van der Waals surface area contributed by atoms with Crippen molar-refractivity contribution >= 4 is 22.9 Å². The molecule has 2 rings (SSSR count). The van der Waals surface area contributed by atoms with E-state index in [4.69, 9.17) is 5.84 Å². The summed E-state index contributed by atoms with van der Waals surface area (Å²) in [6.07, 6.45) is 0.635. The second-order valence-corrected chi connectivity index (χ2v) is 4.51. The topological polar surface area (TPSA) is 80.0 Å². The van der Waals surface area contributed by atoms with Gasteiger partial charge in [0.1, 0.15) is 5.82 Å². The molecule has 0 fully saturated rings. The van der Waals surface area contributed by atoms with Crippen molar-refractivity contribution in [3.63, 3.8) is 0 Å². The number of aromatic nitrogens is 1. The molecule has 19 heavy (non-hydrogen) atoms. The lowest BCUT2D eigenvalue weighted by atomic mass is 10.1. The van der Waals surface area contributed by atoms with Crippen LogP contribution in [0.4, 0.5) is 10.1 Å². The van der Waals surface area contributed by atoms with Gasteiger partial charge in [0.15, 0.2) is 0 Å². The number of halogens is 1. The van der Waals surface area contributed by atoms with Gasteiger partial charge >= 0.3 is 0 Å². The summed E-state index contributed by atoms with van der Waals surface area (Å²) in [6, 6.07) is 4.21. The number of thiazole rings is 1. The minimum absolute atomic E-state index is 0.00587. The second kappa shape index (κ2) is 6.26. The number of amides is 1. The van der Waals surface area contributed by atoms with Crippen molar-refractivity contribution in [2.75, 3.05) is 12.0 Å². The first-order valence-electron chi connectivity index (χ1n) is 5.62. The number of nitrogens with one attached hydrogen (secondary N) is 2. The van der Waals surface area contributed by atoms with E-state index in [9.17, 15) is 9.18 Å². The number of anilines is 1. The number of nitrogens with zero attached hydrogens (tertiary/aromatic N) is 1. The van der Waals surface area contributed by atoms with Crippen LogP contribution in [0.3, 0.4) is 0 Å². The number of nitrogen functional groups attached to an aromatic ring is 1. The van der Waals surface area contributed by atoms with Crippen LogP contribution in [0, 0.1) is 5.82 Å². The number of rotatable bonds is 5. The Morgan fingerprint density at radius 2 is 2.32 bits per heavy atom. The predicted octanol–water partition coefficient (Wildman–Crippen LogP) is 1.54. The molecule has 1 aromatic heterocycles. The summed E-state index contributed by atoms with van der Waals surface area (Å²) in [6.45, 7) is 0.434. The third-order valence-electron chi connectivity index (χ3n) is 2.55. The van der Waals surface area contributed by atoms with Gasteiger partial charge in [-0.05, 0) is 12.1 Å². The monoisotopic (exact) mass is 280 g/mol. The van der Waals surface area contributed by atoms with E-state index in [0.29, 0.717) is 13.0 Å². The number of hydrogen-bond acceptors (Lipinski definition) is 5. The average Bonchev–Trinajstić information content (AvgIpc) is 2.91. The normalized spacial score (nSPS) is 10.2. The summed E-state index contributed by atoms with van der Waals surface area (Å²) < 4.78 is 13.4. The van der Waals surface area contributed by atoms with Crippen LogP contribution in [0.5, 0.6) is 0 Å². The molecule has 0 unspecified atom stereocenters. The third-order valence-corrected chi connectivity index (χ3v) is 3.19. The van der Waals surface area contributed by atoms with E-state index < -0.39 is 5.82 Å².